The van der Waals surface area contributed by atoms with E-state index in [1.165, 1.54) is 0 Å². The molecule has 1 amide bonds. The number of carbonyl (C=O) groups excluding carboxylic acids is 1. The molecule has 1 aromatic heterocycles. The van der Waals surface area contributed by atoms with Crippen LogP contribution in [0.4, 0.5) is 0 Å². The number of carboxylic acid groups (broad SMARTS) is 1. The molecule has 2 heterocycles. The van der Waals surface area contributed by atoms with Gasteiger partial charge in [0.25, 0.3) is 0 Å². The van der Waals surface area contributed by atoms with E-state index in [0.29, 0.717) is 19.5 Å². The van der Waals surface area contributed by atoms with Crippen LogP contribution in [0.5, 0.6) is 0 Å². The molecule has 0 aliphatic carbocycles. The van der Waals surface area contributed by atoms with E-state index < -0.39 is 12.0 Å². The highest BCUT2D eigenvalue weighted by molar-refractivity contribution is 5.80. The van der Waals surface area contributed by atoms with Crippen LogP contribution < -0.4 is 5.73 Å². The molecule has 6 nitrogen and oxygen atoms in total. The molecule has 2 unspecified atom stereocenters. The third-order valence-corrected chi connectivity index (χ3v) is 3.39. The molecule has 1 aliphatic heterocycles. The van der Waals surface area contributed by atoms with E-state index in [2.05, 4.69) is 4.98 Å². The highest BCUT2D eigenvalue weighted by Crippen LogP contribution is 2.30. The van der Waals surface area contributed by atoms with E-state index in [0.717, 1.165) is 5.56 Å². The Labute approximate surface area is 111 Å². The van der Waals surface area contributed by atoms with Gasteiger partial charge in [0.1, 0.15) is 0 Å². The minimum Gasteiger partial charge on any atom is -0.481 e. The van der Waals surface area contributed by atoms with E-state index in [1.807, 2.05) is 0 Å². The topological polar surface area (TPSA) is 96.5 Å². The fraction of sp³-hybridized carbons (Fsp3) is 0.462. The zero-order valence-electron chi connectivity index (χ0n) is 10.5. The van der Waals surface area contributed by atoms with Crippen LogP contribution in [0.2, 0.25) is 0 Å². The summed E-state index contributed by atoms with van der Waals surface area (Å²) in [5, 5.41) is 9.03. The van der Waals surface area contributed by atoms with Crippen molar-refractivity contribution >= 4 is 11.9 Å². The SMILES string of the molecule is NCC1CC(=O)N(C(CC(=O)O)c2cccnc2)C1. The van der Waals surface area contributed by atoms with Crippen LogP contribution in [-0.2, 0) is 9.59 Å². The summed E-state index contributed by atoms with van der Waals surface area (Å²) in [6, 6.07) is 3.07. The molecule has 1 fully saturated rings. The standard InChI is InChI=1S/C13H17N3O3/c14-6-9-4-12(17)16(8-9)11(5-13(18)19)10-2-1-3-15-7-10/h1-3,7,9,11H,4-6,8,14H2,(H,18,19). The first-order chi connectivity index (χ1) is 9.11. The van der Waals surface area contributed by atoms with Crippen molar-refractivity contribution in [2.45, 2.75) is 18.9 Å². The van der Waals surface area contributed by atoms with Crippen molar-refractivity contribution in [2.24, 2.45) is 11.7 Å². The Balaban J connectivity index is 2.23. The smallest absolute Gasteiger partial charge is 0.305 e. The van der Waals surface area contributed by atoms with Gasteiger partial charge in [0.05, 0.1) is 12.5 Å². The molecule has 0 saturated carbocycles. The summed E-state index contributed by atoms with van der Waals surface area (Å²) >= 11 is 0. The molecule has 102 valence electrons. The Kier molecular flexibility index (Phi) is 4.11. The lowest BCUT2D eigenvalue weighted by atomic mass is 10.0. The van der Waals surface area contributed by atoms with Crippen LogP contribution in [0.3, 0.4) is 0 Å². The molecule has 0 spiro atoms. The van der Waals surface area contributed by atoms with Crippen LogP contribution >= 0.6 is 0 Å². The number of amides is 1. The summed E-state index contributed by atoms with van der Waals surface area (Å²) in [4.78, 5) is 28.6. The highest BCUT2D eigenvalue weighted by atomic mass is 16.4. The predicted octanol–water partition coefficient (Wildman–Crippen LogP) is 0.405. The minimum absolute atomic E-state index is 0.0365. The zero-order valence-corrected chi connectivity index (χ0v) is 10.5. The lowest BCUT2D eigenvalue weighted by Gasteiger charge is -2.27. The Morgan fingerprint density at radius 3 is 2.95 bits per heavy atom. The lowest BCUT2D eigenvalue weighted by molar-refractivity contribution is -0.139. The average Bonchev–Trinajstić information content (AvgIpc) is 2.78. The molecule has 1 saturated heterocycles. The van der Waals surface area contributed by atoms with Gasteiger partial charge in [0.2, 0.25) is 5.91 Å². The third-order valence-electron chi connectivity index (χ3n) is 3.39. The van der Waals surface area contributed by atoms with Crippen molar-refractivity contribution in [3.63, 3.8) is 0 Å². The molecular weight excluding hydrogens is 246 g/mol. The van der Waals surface area contributed by atoms with Gasteiger partial charge in [-0.05, 0) is 24.1 Å². The quantitative estimate of drug-likeness (QED) is 0.801. The maximum absolute atomic E-state index is 12.0. The molecule has 6 heteroatoms. The second-order valence-corrected chi connectivity index (χ2v) is 4.75. The van der Waals surface area contributed by atoms with Gasteiger partial charge < -0.3 is 15.7 Å². The number of pyridine rings is 1. The minimum atomic E-state index is -0.933. The molecule has 3 N–H and O–H groups in total. The number of rotatable bonds is 5. The van der Waals surface area contributed by atoms with Gasteiger partial charge in [0.15, 0.2) is 0 Å². The van der Waals surface area contributed by atoms with Crippen molar-refractivity contribution in [3.8, 4) is 0 Å². The van der Waals surface area contributed by atoms with Gasteiger partial charge in [0, 0.05) is 25.4 Å². The molecule has 1 aliphatic rings. The number of aromatic nitrogens is 1. The van der Waals surface area contributed by atoms with Crippen molar-refractivity contribution < 1.29 is 14.7 Å². The maximum Gasteiger partial charge on any atom is 0.305 e. The first kappa shape index (κ1) is 13.5. The lowest BCUT2D eigenvalue weighted by Crippen LogP contribution is -2.32. The maximum atomic E-state index is 12.0. The van der Waals surface area contributed by atoms with Gasteiger partial charge in [-0.25, -0.2) is 0 Å². The van der Waals surface area contributed by atoms with Gasteiger partial charge in [-0.1, -0.05) is 6.07 Å². The summed E-state index contributed by atoms with van der Waals surface area (Å²) in [6.45, 7) is 0.956. The fourth-order valence-electron chi connectivity index (χ4n) is 2.41. The van der Waals surface area contributed by atoms with E-state index in [-0.39, 0.29) is 18.2 Å². The van der Waals surface area contributed by atoms with Crippen molar-refractivity contribution in [2.75, 3.05) is 13.1 Å². The summed E-state index contributed by atoms with van der Waals surface area (Å²) in [5.41, 5.74) is 6.34. The number of aliphatic carboxylic acids is 1. The third kappa shape index (κ3) is 3.08. The molecule has 0 radical (unpaired) electrons. The Morgan fingerprint density at radius 1 is 1.63 bits per heavy atom. The number of carbonyl (C=O) groups is 2. The number of nitrogens with zero attached hydrogens (tertiary/aromatic N) is 2. The second kappa shape index (κ2) is 5.79. The number of carboxylic acids is 1. The molecule has 0 bridgehead atoms. The van der Waals surface area contributed by atoms with Crippen LogP contribution in [0.25, 0.3) is 0 Å². The van der Waals surface area contributed by atoms with Gasteiger partial charge >= 0.3 is 5.97 Å². The largest absolute Gasteiger partial charge is 0.481 e. The zero-order chi connectivity index (χ0) is 13.8. The Hall–Kier alpha value is -1.95. The average molecular weight is 263 g/mol. The summed E-state index contributed by atoms with van der Waals surface area (Å²) in [6.07, 6.45) is 3.51. The van der Waals surface area contributed by atoms with E-state index in [4.69, 9.17) is 10.8 Å². The van der Waals surface area contributed by atoms with E-state index >= 15 is 0 Å². The molecule has 2 atom stereocenters. The fourth-order valence-corrected chi connectivity index (χ4v) is 2.41. The summed E-state index contributed by atoms with van der Waals surface area (Å²) < 4.78 is 0. The number of nitrogens with two attached hydrogens (primary N) is 1. The number of likely N-dealkylation sites (tertiary alicyclic amines) is 1. The molecular formula is C13H17N3O3. The van der Waals surface area contributed by atoms with Gasteiger partial charge in [-0.15, -0.1) is 0 Å². The van der Waals surface area contributed by atoms with E-state index in [9.17, 15) is 9.59 Å². The van der Waals surface area contributed by atoms with Crippen LogP contribution in [0.15, 0.2) is 24.5 Å². The number of hydrogen-bond donors (Lipinski definition) is 2. The second-order valence-electron chi connectivity index (χ2n) is 4.75. The molecule has 1 aromatic rings. The van der Waals surface area contributed by atoms with Gasteiger partial charge in [-0.3, -0.25) is 14.6 Å². The monoisotopic (exact) mass is 263 g/mol. The van der Waals surface area contributed by atoms with Crippen molar-refractivity contribution in [1.29, 1.82) is 0 Å². The van der Waals surface area contributed by atoms with Crippen LogP contribution in [0, 0.1) is 5.92 Å². The highest BCUT2D eigenvalue weighted by Gasteiger charge is 2.35. The number of hydrogen-bond acceptors (Lipinski definition) is 4. The molecule has 19 heavy (non-hydrogen) atoms. The van der Waals surface area contributed by atoms with Crippen molar-refractivity contribution in [1.82, 2.24) is 9.88 Å². The van der Waals surface area contributed by atoms with Crippen molar-refractivity contribution in [3.05, 3.63) is 30.1 Å². The summed E-state index contributed by atoms with van der Waals surface area (Å²) in [7, 11) is 0. The predicted molar refractivity (Wildman–Crippen MR) is 68.1 cm³/mol. The summed E-state index contributed by atoms with van der Waals surface area (Å²) in [5.74, 6) is -0.858. The molecule has 2 rings (SSSR count). The first-order valence-electron chi connectivity index (χ1n) is 6.23. The first-order valence-corrected chi connectivity index (χ1v) is 6.23. The van der Waals surface area contributed by atoms with E-state index in [1.54, 1.807) is 29.4 Å². The Morgan fingerprint density at radius 2 is 2.42 bits per heavy atom. The molecule has 0 aromatic carbocycles. The van der Waals surface area contributed by atoms with Gasteiger partial charge in [-0.2, -0.15) is 0 Å². The Bertz CT molecular complexity index is 463. The normalized spacial score (nSPS) is 20.6. The van der Waals surface area contributed by atoms with Crippen LogP contribution in [0.1, 0.15) is 24.4 Å². The van der Waals surface area contributed by atoms with Crippen LogP contribution in [-0.4, -0.2) is 40.0 Å².